The van der Waals surface area contributed by atoms with Crippen LogP contribution in [0.4, 0.5) is 0 Å². The molecule has 0 N–H and O–H groups in total. The van der Waals surface area contributed by atoms with Crippen LogP contribution in [0.15, 0.2) is 27.6 Å². The van der Waals surface area contributed by atoms with E-state index in [-0.39, 0.29) is 22.2 Å². The Bertz CT molecular complexity index is 978. The number of halogens is 1. The van der Waals surface area contributed by atoms with Gasteiger partial charge in [0.15, 0.2) is 15.5 Å². The number of amides is 1. The lowest BCUT2D eigenvalue weighted by atomic mass is 10.1. The number of carbonyl (C=O) groups excluding carboxylic acids is 1. The van der Waals surface area contributed by atoms with Crippen LogP contribution in [0.3, 0.4) is 0 Å². The molecule has 1 aromatic heterocycles. The molecule has 1 saturated heterocycles. The molecule has 9 heteroatoms. The maximum atomic E-state index is 12.9. The summed E-state index contributed by atoms with van der Waals surface area (Å²) in [6, 6.07) is 5.06. The maximum absolute atomic E-state index is 12.9. The van der Waals surface area contributed by atoms with E-state index in [9.17, 15) is 13.2 Å². The molecule has 7 nitrogen and oxygen atoms in total. The predicted octanol–water partition coefficient (Wildman–Crippen LogP) is 1.61. The van der Waals surface area contributed by atoms with Crippen LogP contribution in [0.1, 0.15) is 16.1 Å². The van der Waals surface area contributed by atoms with Crippen molar-refractivity contribution >= 4 is 31.7 Å². The van der Waals surface area contributed by atoms with E-state index in [1.54, 1.807) is 34.8 Å². The highest BCUT2D eigenvalue weighted by molar-refractivity contribution is 9.10. The summed E-state index contributed by atoms with van der Waals surface area (Å²) in [7, 11) is -1.78. The SMILES string of the molecule is Cn1nc(C(=O)N2CCOCC2)c2c1-c1cc(Br)ccc1S(=O)(=O)C2. The number of carbonyl (C=O) groups is 1. The van der Waals surface area contributed by atoms with Crippen LogP contribution in [0.5, 0.6) is 0 Å². The maximum Gasteiger partial charge on any atom is 0.274 e. The number of aromatic nitrogens is 2. The largest absolute Gasteiger partial charge is 0.378 e. The van der Waals surface area contributed by atoms with Crippen LogP contribution in [0.2, 0.25) is 0 Å². The molecule has 2 aliphatic heterocycles. The smallest absolute Gasteiger partial charge is 0.274 e. The van der Waals surface area contributed by atoms with Gasteiger partial charge in [-0.15, -0.1) is 0 Å². The van der Waals surface area contributed by atoms with Crippen LogP contribution in [-0.2, 0) is 27.4 Å². The molecule has 0 saturated carbocycles. The molecule has 2 aliphatic rings. The third-order valence-electron chi connectivity index (χ3n) is 4.51. The molecule has 132 valence electrons. The highest BCUT2D eigenvalue weighted by Crippen LogP contribution is 2.40. The van der Waals surface area contributed by atoms with Gasteiger partial charge in [-0.25, -0.2) is 8.42 Å². The molecule has 4 rings (SSSR count). The van der Waals surface area contributed by atoms with Gasteiger partial charge < -0.3 is 9.64 Å². The summed E-state index contributed by atoms with van der Waals surface area (Å²) in [6.45, 7) is 1.93. The number of sulfone groups is 1. The third-order valence-corrected chi connectivity index (χ3v) is 6.70. The molecule has 0 spiro atoms. The van der Waals surface area contributed by atoms with E-state index in [4.69, 9.17) is 4.74 Å². The second kappa shape index (κ2) is 5.93. The Morgan fingerprint density at radius 2 is 2.00 bits per heavy atom. The van der Waals surface area contributed by atoms with Crippen molar-refractivity contribution in [2.24, 2.45) is 7.05 Å². The first-order chi connectivity index (χ1) is 11.9. The van der Waals surface area contributed by atoms with Gasteiger partial charge in [0.05, 0.1) is 29.6 Å². The summed E-state index contributed by atoms with van der Waals surface area (Å²) in [5.41, 5.74) is 1.95. The fraction of sp³-hybridized carbons (Fsp3) is 0.375. The highest BCUT2D eigenvalue weighted by Gasteiger charge is 2.36. The number of nitrogens with zero attached hydrogens (tertiary/aromatic N) is 3. The minimum Gasteiger partial charge on any atom is -0.378 e. The highest BCUT2D eigenvalue weighted by atomic mass is 79.9. The summed E-state index contributed by atoms with van der Waals surface area (Å²) >= 11 is 3.39. The van der Waals surface area contributed by atoms with Gasteiger partial charge in [-0.2, -0.15) is 5.10 Å². The lowest BCUT2D eigenvalue weighted by Gasteiger charge is -2.26. The van der Waals surface area contributed by atoms with E-state index in [1.165, 1.54) is 0 Å². The van der Waals surface area contributed by atoms with E-state index >= 15 is 0 Å². The molecule has 2 aromatic rings. The fourth-order valence-corrected chi connectivity index (χ4v) is 5.29. The number of rotatable bonds is 1. The number of ether oxygens (including phenoxy) is 1. The van der Waals surface area contributed by atoms with Crippen molar-refractivity contribution in [1.82, 2.24) is 14.7 Å². The Morgan fingerprint density at radius 1 is 1.28 bits per heavy atom. The van der Waals surface area contributed by atoms with Crippen molar-refractivity contribution < 1.29 is 17.9 Å². The Labute approximate surface area is 153 Å². The Morgan fingerprint density at radius 3 is 2.72 bits per heavy atom. The van der Waals surface area contributed by atoms with E-state index in [2.05, 4.69) is 21.0 Å². The van der Waals surface area contributed by atoms with Crippen molar-refractivity contribution in [3.8, 4) is 11.3 Å². The summed E-state index contributed by atoms with van der Waals surface area (Å²) in [5.74, 6) is -0.454. The molecule has 1 fully saturated rings. The first-order valence-electron chi connectivity index (χ1n) is 7.84. The quantitative estimate of drug-likeness (QED) is 0.692. The summed E-state index contributed by atoms with van der Waals surface area (Å²) in [4.78, 5) is 14.8. The Balaban J connectivity index is 1.88. The van der Waals surface area contributed by atoms with Crippen molar-refractivity contribution in [3.63, 3.8) is 0 Å². The van der Waals surface area contributed by atoms with Gasteiger partial charge in [0, 0.05) is 35.7 Å². The first kappa shape index (κ1) is 16.7. The Hall–Kier alpha value is -1.71. The molecule has 1 amide bonds. The van der Waals surface area contributed by atoms with Gasteiger partial charge in [-0.3, -0.25) is 9.48 Å². The number of fused-ring (bicyclic) bond motifs is 3. The molecule has 25 heavy (non-hydrogen) atoms. The Kier molecular flexibility index (Phi) is 3.97. The van der Waals surface area contributed by atoms with Crippen molar-refractivity contribution in [2.75, 3.05) is 26.3 Å². The summed E-state index contributed by atoms with van der Waals surface area (Å²) in [6.07, 6.45) is 0. The second-order valence-electron chi connectivity index (χ2n) is 6.10. The molecule has 0 bridgehead atoms. The van der Waals surface area contributed by atoms with Gasteiger partial charge >= 0.3 is 0 Å². The molecular formula is C16H16BrN3O4S. The molecule has 0 unspecified atom stereocenters. The zero-order chi connectivity index (χ0) is 17.8. The standard InChI is InChI=1S/C16H16BrN3O4S/c1-19-15-11-8-10(17)2-3-13(11)25(22,23)9-12(15)14(18-19)16(21)20-4-6-24-7-5-20/h2-3,8H,4-7,9H2,1H3. The first-order valence-corrected chi connectivity index (χ1v) is 10.3. The van der Waals surface area contributed by atoms with Crippen LogP contribution >= 0.6 is 15.9 Å². The minimum absolute atomic E-state index is 0.212. The van der Waals surface area contributed by atoms with Crippen LogP contribution in [0, 0.1) is 0 Å². The molecular weight excluding hydrogens is 410 g/mol. The van der Waals surface area contributed by atoms with Gasteiger partial charge in [-0.05, 0) is 18.2 Å². The van der Waals surface area contributed by atoms with Crippen molar-refractivity contribution in [2.45, 2.75) is 10.6 Å². The molecule has 3 heterocycles. The van der Waals surface area contributed by atoms with Crippen molar-refractivity contribution in [1.29, 1.82) is 0 Å². The van der Waals surface area contributed by atoms with Gasteiger partial charge in [0.1, 0.15) is 0 Å². The summed E-state index contributed by atoms with van der Waals surface area (Å²) in [5, 5.41) is 4.37. The van der Waals surface area contributed by atoms with E-state index < -0.39 is 9.84 Å². The average Bonchev–Trinajstić information content (AvgIpc) is 2.90. The van der Waals surface area contributed by atoms with Gasteiger partial charge in [-0.1, -0.05) is 15.9 Å². The van der Waals surface area contributed by atoms with Crippen LogP contribution in [0.25, 0.3) is 11.3 Å². The zero-order valence-corrected chi connectivity index (χ0v) is 15.9. The molecule has 0 atom stereocenters. The van der Waals surface area contributed by atoms with E-state index in [1.807, 2.05) is 0 Å². The number of morpholine rings is 1. The fourth-order valence-electron chi connectivity index (χ4n) is 3.36. The number of hydrogen-bond acceptors (Lipinski definition) is 5. The third kappa shape index (κ3) is 2.70. The molecule has 0 aliphatic carbocycles. The topological polar surface area (TPSA) is 81.5 Å². The predicted molar refractivity (Wildman–Crippen MR) is 94.0 cm³/mol. The zero-order valence-electron chi connectivity index (χ0n) is 13.5. The number of benzene rings is 1. The summed E-state index contributed by atoms with van der Waals surface area (Å²) < 4.78 is 33.1. The monoisotopic (exact) mass is 425 g/mol. The lowest BCUT2D eigenvalue weighted by Crippen LogP contribution is -2.41. The van der Waals surface area contributed by atoms with Crippen LogP contribution < -0.4 is 0 Å². The van der Waals surface area contributed by atoms with Gasteiger partial charge in [0.25, 0.3) is 5.91 Å². The number of aryl methyl sites for hydroxylation is 1. The lowest BCUT2D eigenvalue weighted by molar-refractivity contribution is 0.0298. The van der Waals surface area contributed by atoms with Gasteiger partial charge in [0.2, 0.25) is 0 Å². The molecule has 0 radical (unpaired) electrons. The normalized spacial score (nSPS) is 18.6. The number of hydrogen-bond donors (Lipinski definition) is 0. The van der Waals surface area contributed by atoms with E-state index in [0.717, 1.165) is 4.47 Å². The van der Waals surface area contributed by atoms with Crippen LogP contribution in [-0.4, -0.2) is 55.3 Å². The second-order valence-corrected chi connectivity index (χ2v) is 8.98. The molecule has 1 aromatic carbocycles. The van der Waals surface area contributed by atoms with E-state index in [0.29, 0.717) is 43.1 Å². The average molecular weight is 426 g/mol. The minimum atomic E-state index is -3.52. The van der Waals surface area contributed by atoms with Crippen molar-refractivity contribution in [3.05, 3.63) is 33.9 Å².